The van der Waals surface area contributed by atoms with Gasteiger partial charge in [-0.15, -0.1) is 0 Å². The largest absolute Gasteiger partial charge is 0.381 e. The standard InChI is InChI=1S/C39H84N2O2/c1-9-11-13-15-16-17-18-19-22-27-37-43-38-39(31-28-33-40(3,4)5,32-29-34-41(6,7)8)30-24-21-20-23-26-36-42-35-25-14-12-10-2/h9-38H2,1-8H3/q+2. The van der Waals surface area contributed by atoms with Gasteiger partial charge in [-0.3, -0.25) is 0 Å². The smallest absolute Gasteiger partial charge is 0.0780 e. The van der Waals surface area contributed by atoms with Crippen LogP contribution < -0.4 is 0 Å². The summed E-state index contributed by atoms with van der Waals surface area (Å²) >= 11 is 0. The van der Waals surface area contributed by atoms with Crippen LogP contribution in [-0.4, -0.2) is 90.8 Å². The van der Waals surface area contributed by atoms with Crippen molar-refractivity contribution in [3.8, 4) is 0 Å². The molecule has 0 aromatic carbocycles. The lowest BCUT2D eigenvalue weighted by Crippen LogP contribution is -2.38. The average molecular weight is 613 g/mol. The fourth-order valence-corrected chi connectivity index (χ4v) is 6.40. The van der Waals surface area contributed by atoms with Crippen LogP contribution in [0.1, 0.15) is 168 Å². The van der Waals surface area contributed by atoms with Crippen molar-refractivity contribution in [1.29, 1.82) is 0 Å². The van der Waals surface area contributed by atoms with Gasteiger partial charge in [0, 0.05) is 19.8 Å². The lowest BCUT2D eigenvalue weighted by atomic mass is 9.75. The summed E-state index contributed by atoms with van der Waals surface area (Å²) in [5.41, 5.74) is 0.352. The minimum absolute atomic E-state index is 0.352. The number of rotatable bonds is 34. The molecule has 0 aliphatic rings. The molecule has 4 heteroatoms. The monoisotopic (exact) mass is 613 g/mol. The van der Waals surface area contributed by atoms with E-state index in [0.717, 1.165) is 35.4 Å². The zero-order chi connectivity index (χ0) is 32.1. The number of hydrogen-bond donors (Lipinski definition) is 0. The topological polar surface area (TPSA) is 18.5 Å². The fourth-order valence-electron chi connectivity index (χ4n) is 6.40. The van der Waals surface area contributed by atoms with E-state index in [1.165, 1.54) is 167 Å². The maximum atomic E-state index is 6.57. The Morgan fingerprint density at radius 2 is 0.698 bits per heavy atom. The van der Waals surface area contributed by atoms with E-state index in [1.54, 1.807) is 0 Å². The second kappa shape index (κ2) is 28.1. The second-order valence-electron chi connectivity index (χ2n) is 16.2. The molecule has 0 aliphatic heterocycles. The molecule has 260 valence electrons. The third kappa shape index (κ3) is 31.6. The first-order valence-corrected chi connectivity index (χ1v) is 19.3. The van der Waals surface area contributed by atoms with Crippen LogP contribution >= 0.6 is 0 Å². The highest BCUT2D eigenvalue weighted by Crippen LogP contribution is 2.37. The van der Waals surface area contributed by atoms with Gasteiger partial charge in [0.05, 0.1) is 62.0 Å². The minimum Gasteiger partial charge on any atom is -0.381 e. The third-order valence-electron chi connectivity index (χ3n) is 9.26. The molecule has 43 heavy (non-hydrogen) atoms. The molecule has 0 aliphatic carbocycles. The molecule has 4 nitrogen and oxygen atoms in total. The van der Waals surface area contributed by atoms with Crippen molar-refractivity contribution < 1.29 is 18.4 Å². The highest BCUT2D eigenvalue weighted by molar-refractivity contribution is 4.80. The summed E-state index contributed by atoms with van der Waals surface area (Å²) in [6.07, 6.45) is 32.3. The summed E-state index contributed by atoms with van der Waals surface area (Å²) in [6.45, 7) is 10.9. The Kier molecular flexibility index (Phi) is 28.0. The van der Waals surface area contributed by atoms with Crippen molar-refractivity contribution in [2.75, 3.05) is 81.8 Å². The maximum absolute atomic E-state index is 6.57. The number of nitrogens with zero attached hydrogens (tertiary/aromatic N) is 2. The van der Waals surface area contributed by atoms with Crippen molar-refractivity contribution in [3.63, 3.8) is 0 Å². The van der Waals surface area contributed by atoms with Crippen LogP contribution in [0.3, 0.4) is 0 Å². The van der Waals surface area contributed by atoms with Gasteiger partial charge in [-0.05, 0) is 56.8 Å². The highest BCUT2D eigenvalue weighted by Gasteiger charge is 2.31. The molecular formula is C39H84N2O2+2. The molecule has 0 N–H and O–H groups in total. The van der Waals surface area contributed by atoms with E-state index < -0.39 is 0 Å². The van der Waals surface area contributed by atoms with Crippen LogP contribution in [0.15, 0.2) is 0 Å². The predicted octanol–water partition coefficient (Wildman–Crippen LogP) is 10.8. The Bertz CT molecular complexity index is 517. The summed E-state index contributed by atoms with van der Waals surface area (Å²) in [5.74, 6) is 0. The summed E-state index contributed by atoms with van der Waals surface area (Å²) < 4.78 is 14.6. The molecule has 0 radical (unpaired) electrons. The van der Waals surface area contributed by atoms with E-state index in [1.807, 2.05) is 0 Å². The molecule has 0 rings (SSSR count). The molecule has 0 unspecified atom stereocenters. The molecule has 0 atom stereocenters. The van der Waals surface area contributed by atoms with Crippen LogP contribution in [0.25, 0.3) is 0 Å². The van der Waals surface area contributed by atoms with Crippen LogP contribution in [0.5, 0.6) is 0 Å². The second-order valence-corrected chi connectivity index (χ2v) is 16.2. The maximum Gasteiger partial charge on any atom is 0.0780 e. The van der Waals surface area contributed by atoms with Gasteiger partial charge in [-0.25, -0.2) is 0 Å². The number of ether oxygens (including phenoxy) is 2. The van der Waals surface area contributed by atoms with Crippen molar-refractivity contribution in [2.24, 2.45) is 5.41 Å². The van der Waals surface area contributed by atoms with E-state index in [4.69, 9.17) is 9.47 Å². The van der Waals surface area contributed by atoms with Crippen LogP contribution in [0, 0.1) is 5.41 Å². The minimum atomic E-state index is 0.352. The summed E-state index contributed by atoms with van der Waals surface area (Å²) in [5, 5.41) is 0. The van der Waals surface area contributed by atoms with Gasteiger partial charge >= 0.3 is 0 Å². The van der Waals surface area contributed by atoms with Gasteiger partial charge in [0.15, 0.2) is 0 Å². The summed E-state index contributed by atoms with van der Waals surface area (Å²) in [4.78, 5) is 0. The zero-order valence-corrected chi connectivity index (χ0v) is 31.4. The number of hydrogen-bond acceptors (Lipinski definition) is 2. The van der Waals surface area contributed by atoms with Gasteiger partial charge in [0.25, 0.3) is 0 Å². The first-order valence-electron chi connectivity index (χ1n) is 19.3. The molecule has 0 fully saturated rings. The Labute approximate surface area is 273 Å². The van der Waals surface area contributed by atoms with Crippen LogP contribution in [0.2, 0.25) is 0 Å². The molecular weight excluding hydrogens is 528 g/mol. The Morgan fingerprint density at radius 1 is 0.372 bits per heavy atom. The van der Waals surface area contributed by atoms with Crippen molar-refractivity contribution in [1.82, 2.24) is 0 Å². The van der Waals surface area contributed by atoms with E-state index in [0.29, 0.717) is 5.41 Å². The Morgan fingerprint density at radius 3 is 1.12 bits per heavy atom. The van der Waals surface area contributed by atoms with E-state index >= 15 is 0 Å². The SMILES string of the molecule is CCCCCCCCCCCCOCC(CCCCCCCOCCCCCC)(CCC[N+](C)(C)C)CCC[N+](C)(C)C. The molecule has 0 bridgehead atoms. The van der Waals surface area contributed by atoms with E-state index in [-0.39, 0.29) is 0 Å². The molecule has 0 saturated heterocycles. The zero-order valence-electron chi connectivity index (χ0n) is 31.4. The first-order chi connectivity index (χ1) is 20.5. The molecule has 0 spiro atoms. The fraction of sp³-hybridized carbons (Fsp3) is 1.00. The lowest BCUT2D eigenvalue weighted by Gasteiger charge is -2.36. The predicted molar refractivity (Wildman–Crippen MR) is 192 cm³/mol. The Balaban J connectivity index is 4.66. The van der Waals surface area contributed by atoms with Crippen LogP contribution in [-0.2, 0) is 9.47 Å². The van der Waals surface area contributed by atoms with E-state index in [9.17, 15) is 0 Å². The van der Waals surface area contributed by atoms with Crippen molar-refractivity contribution in [2.45, 2.75) is 168 Å². The molecule has 0 aromatic heterocycles. The summed E-state index contributed by atoms with van der Waals surface area (Å²) in [6, 6.07) is 0. The van der Waals surface area contributed by atoms with E-state index in [2.05, 4.69) is 56.1 Å². The van der Waals surface area contributed by atoms with Gasteiger partial charge < -0.3 is 18.4 Å². The highest BCUT2D eigenvalue weighted by atomic mass is 16.5. The first kappa shape index (κ1) is 42.8. The summed E-state index contributed by atoms with van der Waals surface area (Å²) in [7, 11) is 14.1. The van der Waals surface area contributed by atoms with Crippen LogP contribution in [0.4, 0.5) is 0 Å². The van der Waals surface area contributed by atoms with Gasteiger partial charge in [-0.1, -0.05) is 117 Å². The third-order valence-corrected chi connectivity index (χ3v) is 9.26. The van der Waals surface area contributed by atoms with Crippen molar-refractivity contribution >= 4 is 0 Å². The molecule has 0 saturated carbocycles. The molecule has 0 heterocycles. The molecule has 0 aromatic rings. The van der Waals surface area contributed by atoms with Gasteiger partial charge in [0.2, 0.25) is 0 Å². The van der Waals surface area contributed by atoms with Crippen molar-refractivity contribution in [3.05, 3.63) is 0 Å². The quantitative estimate of drug-likeness (QED) is 0.0531. The molecule has 0 amide bonds. The van der Waals surface area contributed by atoms with Gasteiger partial charge in [-0.2, -0.15) is 0 Å². The Hall–Kier alpha value is -0.160. The number of unbranched alkanes of at least 4 members (excludes halogenated alkanes) is 16. The number of quaternary nitrogens is 2. The normalized spacial score (nSPS) is 12.8. The average Bonchev–Trinajstić information content (AvgIpc) is 2.93. The van der Waals surface area contributed by atoms with Gasteiger partial charge in [0.1, 0.15) is 0 Å². The lowest BCUT2D eigenvalue weighted by molar-refractivity contribution is -0.871.